The largest absolute Gasteiger partial charge is 0.488 e. The van der Waals surface area contributed by atoms with Crippen LogP contribution in [0.4, 0.5) is 5.69 Å². The number of para-hydroxylation sites is 1. The molecule has 1 aliphatic rings. The van der Waals surface area contributed by atoms with Gasteiger partial charge in [0.1, 0.15) is 12.4 Å². The van der Waals surface area contributed by atoms with Gasteiger partial charge in [-0.15, -0.1) is 0 Å². The average Bonchev–Trinajstić information content (AvgIpc) is 3.14. The summed E-state index contributed by atoms with van der Waals surface area (Å²) in [6.45, 7) is 3.90. The number of aryl methyl sites for hydroxylation is 1. The number of nitrogens with zero attached hydrogens (tertiary/aromatic N) is 1. The number of esters is 1. The van der Waals surface area contributed by atoms with Gasteiger partial charge in [-0.1, -0.05) is 48.0 Å². The number of carbonyl (C=O) groups excluding carboxylic acids is 2. The molecular formula is C26H22N2O4. The van der Waals surface area contributed by atoms with Gasteiger partial charge in [-0.25, -0.2) is 9.79 Å². The Morgan fingerprint density at radius 1 is 1.03 bits per heavy atom. The molecule has 3 aromatic rings. The van der Waals surface area contributed by atoms with E-state index in [4.69, 9.17) is 9.47 Å². The summed E-state index contributed by atoms with van der Waals surface area (Å²) >= 11 is 0. The first-order chi connectivity index (χ1) is 15.5. The predicted octanol–water partition coefficient (Wildman–Crippen LogP) is 4.88. The number of rotatable bonds is 6. The first-order valence-corrected chi connectivity index (χ1v) is 10.2. The molecule has 0 radical (unpaired) electrons. The van der Waals surface area contributed by atoms with Crippen LogP contribution in [0.5, 0.6) is 5.75 Å². The zero-order valence-corrected chi connectivity index (χ0v) is 17.8. The van der Waals surface area contributed by atoms with Crippen LogP contribution in [-0.4, -0.2) is 17.8 Å². The van der Waals surface area contributed by atoms with E-state index < -0.39 is 5.97 Å². The van der Waals surface area contributed by atoms with Crippen molar-refractivity contribution in [3.05, 3.63) is 101 Å². The van der Waals surface area contributed by atoms with Gasteiger partial charge >= 0.3 is 5.97 Å². The highest BCUT2D eigenvalue weighted by Crippen LogP contribution is 2.26. The van der Waals surface area contributed by atoms with E-state index in [1.165, 1.54) is 12.5 Å². The molecule has 1 heterocycles. The van der Waals surface area contributed by atoms with Crippen LogP contribution in [0, 0.1) is 6.92 Å². The van der Waals surface area contributed by atoms with Gasteiger partial charge in [-0.2, -0.15) is 0 Å². The van der Waals surface area contributed by atoms with E-state index in [1.54, 1.807) is 30.3 Å². The Morgan fingerprint density at radius 2 is 1.75 bits per heavy atom. The second kappa shape index (κ2) is 9.31. The molecule has 4 rings (SSSR count). The summed E-state index contributed by atoms with van der Waals surface area (Å²) in [6, 6.07) is 22.5. The summed E-state index contributed by atoms with van der Waals surface area (Å²) < 4.78 is 11.3. The van der Waals surface area contributed by atoms with E-state index >= 15 is 0 Å². The van der Waals surface area contributed by atoms with Crippen molar-refractivity contribution in [2.24, 2.45) is 4.99 Å². The maximum absolute atomic E-state index is 12.4. The summed E-state index contributed by atoms with van der Waals surface area (Å²) in [6.07, 6.45) is 1.66. The number of benzene rings is 3. The highest BCUT2D eigenvalue weighted by molar-refractivity contribution is 6.13. The molecule has 0 unspecified atom stereocenters. The van der Waals surface area contributed by atoms with Gasteiger partial charge in [0.25, 0.3) is 0 Å². The number of carbonyl (C=O) groups is 2. The summed E-state index contributed by atoms with van der Waals surface area (Å²) in [5.41, 5.74) is 4.47. The zero-order chi connectivity index (χ0) is 22.5. The predicted molar refractivity (Wildman–Crippen MR) is 123 cm³/mol. The molecule has 0 aliphatic carbocycles. The summed E-state index contributed by atoms with van der Waals surface area (Å²) in [5, 5.41) is 2.69. The van der Waals surface area contributed by atoms with E-state index in [-0.39, 0.29) is 17.5 Å². The van der Waals surface area contributed by atoms with Gasteiger partial charge in [0.2, 0.25) is 11.8 Å². The third kappa shape index (κ3) is 5.10. The van der Waals surface area contributed by atoms with Gasteiger partial charge < -0.3 is 14.8 Å². The number of anilines is 1. The van der Waals surface area contributed by atoms with Crippen molar-refractivity contribution < 1.29 is 19.1 Å². The quantitative estimate of drug-likeness (QED) is 0.450. The molecule has 0 bridgehead atoms. The number of amides is 1. The fourth-order valence-electron chi connectivity index (χ4n) is 3.16. The van der Waals surface area contributed by atoms with E-state index in [0.29, 0.717) is 23.6 Å². The molecule has 1 aliphatic heterocycles. The summed E-state index contributed by atoms with van der Waals surface area (Å²) in [4.78, 5) is 27.9. The van der Waals surface area contributed by atoms with Gasteiger partial charge in [0.15, 0.2) is 5.70 Å². The zero-order valence-electron chi connectivity index (χ0n) is 17.8. The molecule has 6 heteroatoms. The Hall–Kier alpha value is -4.19. The number of aliphatic imine (C=N–C) groups is 1. The fourth-order valence-corrected chi connectivity index (χ4v) is 3.16. The van der Waals surface area contributed by atoms with Crippen LogP contribution in [0.3, 0.4) is 0 Å². The molecule has 0 atom stereocenters. The minimum absolute atomic E-state index is 0.157. The smallest absolute Gasteiger partial charge is 0.363 e. The number of cyclic esters (lactones) is 1. The highest BCUT2D eigenvalue weighted by Gasteiger charge is 2.24. The van der Waals surface area contributed by atoms with Crippen LogP contribution in [-0.2, 0) is 20.9 Å². The molecule has 1 N–H and O–H groups in total. The van der Waals surface area contributed by atoms with E-state index in [0.717, 1.165) is 11.1 Å². The van der Waals surface area contributed by atoms with Gasteiger partial charge in [0, 0.05) is 23.7 Å². The SMILES string of the molecule is CC(=O)Nc1ccc(C2=N/C(=C\c3ccccc3OCc3ccc(C)cc3)C(=O)O2)cc1. The molecule has 0 fully saturated rings. The normalized spacial score (nSPS) is 14.1. The van der Waals surface area contributed by atoms with E-state index in [1.807, 2.05) is 55.5 Å². The first kappa shape index (κ1) is 21.1. The third-order valence-electron chi connectivity index (χ3n) is 4.80. The fraction of sp³-hybridized carbons (Fsp3) is 0.115. The Bertz CT molecular complexity index is 1210. The Labute approximate surface area is 186 Å². The number of nitrogens with one attached hydrogen (secondary N) is 1. The molecule has 1 amide bonds. The molecule has 0 saturated heterocycles. The average molecular weight is 426 g/mol. The van der Waals surface area contributed by atoms with Gasteiger partial charge in [-0.05, 0) is 48.9 Å². The molecule has 160 valence electrons. The maximum atomic E-state index is 12.4. The number of hydrogen-bond acceptors (Lipinski definition) is 5. The topological polar surface area (TPSA) is 77.0 Å². The van der Waals surface area contributed by atoms with E-state index in [9.17, 15) is 9.59 Å². The number of ether oxygens (including phenoxy) is 2. The molecule has 3 aromatic carbocycles. The van der Waals surface area contributed by atoms with Crippen LogP contribution in [0.1, 0.15) is 29.2 Å². The Morgan fingerprint density at radius 3 is 2.47 bits per heavy atom. The Balaban J connectivity index is 1.53. The highest BCUT2D eigenvalue weighted by atomic mass is 16.6. The molecule has 0 saturated carbocycles. The van der Waals surface area contributed by atoms with Crippen molar-refractivity contribution in [2.75, 3.05) is 5.32 Å². The third-order valence-corrected chi connectivity index (χ3v) is 4.80. The van der Waals surface area contributed by atoms with E-state index in [2.05, 4.69) is 10.3 Å². The van der Waals surface area contributed by atoms with Gasteiger partial charge in [-0.3, -0.25) is 4.79 Å². The van der Waals surface area contributed by atoms with Crippen LogP contribution in [0.25, 0.3) is 6.08 Å². The van der Waals surface area contributed by atoms with Crippen LogP contribution in [0.15, 0.2) is 83.5 Å². The molecule has 32 heavy (non-hydrogen) atoms. The lowest BCUT2D eigenvalue weighted by atomic mass is 10.1. The van der Waals surface area contributed by atoms with Crippen molar-refractivity contribution in [3.63, 3.8) is 0 Å². The molecule has 0 spiro atoms. The van der Waals surface area contributed by atoms with Gasteiger partial charge in [0.05, 0.1) is 0 Å². The number of hydrogen-bond donors (Lipinski definition) is 1. The van der Waals surface area contributed by atoms with Crippen molar-refractivity contribution in [1.29, 1.82) is 0 Å². The molecular weight excluding hydrogens is 404 g/mol. The lowest BCUT2D eigenvalue weighted by molar-refractivity contribution is -0.129. The second-order valence-corrected chi connectivity index (χ2v) is 7.41. The monoisotopic (exact) mass is 426 g/mol. The summed E-state index contributed by atoms with van der Waals surface area (Å²) in [7, 11) is 0. The van der Waals surface area contributed by atoms with Crippen LogP contribution >= 0.6 is 0 Å². The maximum Gasteiger partial charge on any atom is 0.363 e. The van der Waals surface area contributed by atoms with Crippen molar-refractivity contribution in [3.8, 4) is 5.75 Å². The van der Waals surface area contributed by atoms with Crippen molar-refractivity contribution in [2.45, 2.75) is 20.5 Å². The first-order valence-electron chi connectivity index (χ1n) is 10.2. The van der Waals surface area contributed by atoms with Crippen molar-refractivity contribution in [1.82, 2.24) is 0 Å². The Kier molecular flexibility index (Phi) is 6.12. The minimum Gasteiger partial charge on any atom is -0.488 e. The van der Waals surface area contributed by atoms with Crippen LogP contribution in [0.2, 0.25) is 0 Å². The summed E-state index contributed by atoms with van der Waals surface area (Å²) in [5.74, 6) is 0.181. The lowest BCUT2D eigenvalue weighted by Crippen LogP contribution is -2.07. The molecule has 6 nitrogen and oxygen atoms in total. The standard InChI is InChI=1S/C26H22N2O4/c1-17-7-9-19(10-8-17)16-31-24-6-4-3-5-21(24)15-23-26(30)32-25(28-23)20-11-13-22(14-12-20)27-18(2)29/h3-15H,16H2,1-2H3,(H,27,29)/b23-15-. The molecule has 0 aromatic heterocycles. The van der Waals surface area contributed by atoms with Crippen molar-refractivity contribution >= 4 is 29.5 Å². The van der Waals surface area contributed by atoms with Crippen LogP contribution < -0.4 is 10.1 Å². The lowest BCUT2D eigenvalue weighted by Gasteiger charge is -2.09. The second-order valence-electron chi connectivity index (χ2n) is 7.41. The minimum atomic E-state index is -0.528.